The molecule has 4 rings (SSSR count). The van der Waals surface area contributed by atoms with Crippen LogP contribution in [0.1, 0.15) is 42.5 Å². The van der Waals surface area contributed by atoms with Crippen molar-refractivity contribution in [3.63, 3.8) is 0 Å². The van der Waals surface area contributed by atoms with Crippen LogP contribution in [0, 0.1) is 5.92 Å². The first-order valence-corrected chi connectivity index (χ1v) is 10.2. The maximum atomic E-state index is 12.9. The third-order valence-electron chi connectivity index (χ3n) is 5.64. The number of pyridine rings is 1. The fraction of sp³-hybridized carbons (Fsp3) is 0.476. The SMILES string of the molecule is CC(c1ccc(OCC2CC(F)(F)C2)nc1)N1CCc2ccc(Br)cc2C1. The van der Waals surface area contributed by atoms with Gasteiger partial charge in [-0.3, -0.25) is 4.90 Å². The van der Waals surface area contributed by atoms with Crippen LogP contribution in [0.15, 0.2) is 41.0 Å². The van der Waals surface area contributed by atoms with Gasteiger partial charge < -0.3 is 4.74 Å². The van der Waals surface area contributed by atoms with Crippen molar-refractivity contribution < 1.29 is 13.5 Å². The summed E-state index contributed by atoms with van der Waals surface area (Å²) in [6, 6.07) is 10.6. The molecule has 0 amide bonds. The lowest BCUT2D eigenvalue weighted by Gasteiger charge is -2.34. The second kappa shape index (κ2) is 7.47. The molecule has 2 aliphatic rings. The first-order chi connectivity index (χ1) is 12.9. The highest BCUT2D eigenvalue weighted by Gasteiger charge is 2.45. The van der Waals surface area contributed by atoms with Crippen molar-refractivity contribution >= 4 is 15.9 Å². The van der Waals surface area contributed by atoms with Crippen LogP contribution >= 0.6 is 15.9 Å². The third-order valence-corrected chi connectivity index (χ3v) is 6.13. The van der Waals surface area contributed by atoms with Gasteiger partial charge in [-0.25, -0.2) is 13.8 Å². The molecule has 0 N–H and O–H groups in total. The molecule has 1 aliphatic heterocycles. The minimum atomic E-state index is -2.50. The number of hydrogen-bond donors (Lipinski definition) is 0. The molecule has 144 valence electrons. The van der Waals surface area contributed by atoms with Crippen LogP contribution in [0.5, 0.6) is 5.88 Å². The number of hydrogen-bond acceptors (Lipinski definition) is 3. The molecular weight excluding hydrogens is 414 g/mol. The van der Waals surface area contributed by atoms with E-state index in [1.165, 1.54) is 11.1 Å². The summed E-state index contributed by atoms with van der Waals surface area (Å²) in [7, 11) is 0. The highest BCUT2D eigenvalue weighted by Crippen LogP contribution is 2.42. The Morgan fingerprint density at radius 2 is 2.07 bits per heavy atom. The van der Waals surface area contributed by atoms with E-state index < -0.39 is 5.92 Å². The van der Waals surface area contributed by atoms with Crippen molar-refractivity contribution in [2.24, 2.45) is 5.92 Å². The van der Waals surface area contributed by atoms with E-state index in [0.29, 0.717) is 12.5 Å². The summed E-state index contributed by atoms with van der Waals surface area (Å²) in [6.07, 6.45) is 2.74. The second-order valence-corrected chi connectivity index (χ2v) is 8.60. The fourth-order valence-corrected chi connectivity index (χ4v) is 4.33. The molecule has 1 aromatic heterocycles. The van der Waals surface area contributed by atoms with Crippen LogP contribution < -0.4 is 4.74 Å². The van der Waals surface area contributed by atoms with Crippen LogP contribution in [0.4, 0.5) is 8.78 Å². The summed E-state index contributed by atoms with van der Waals surface area (Å²) in [5, 5.41) is 0. The molecule has 1 unspecified atom stereocenters. The number of benzene rings is 1. The van der Waals surface area contributed by atoms with Gasteiger partial charge >= 0.3 is 0 Å². The Morgan fingerprint density at radius 3 is 2.78 bits per heavy atom. The average Bonchev–Trinajstić information content (AvgIpc) is 2.64. The molecule has 0 spiro atoms. The molecule has 0 bridgehead atoms. The van der Waals surface area contributed by atoms with Gasteiger partial charge in [-0.15, -0.1) is 0 Å². The van der Waals surface area contributed by atoms with Gasteiger partial charge in [-0.05, 0) is 42.2 Å². The van der Waals surface area contributed by atoms with E-state index in [2.05, 4.69) is 50.9 Å². The first-order valence-electron chi connectivity index (χ1n) is 9.37. The molecule has 0 saturated heterocycles. The largest absolute Gasteiger partial charge is 0.477 e. The highest BCUT2D eigenvalue weighted by atomic mass is 79.9. The Morgan fingerprint density at radius 1 is 1.26 bits per heavy atom. The quantitative estimate of drug-likeness (QED) is 0.628. The standard InChI is InChI=1S/C21H23BrF2N2O/c1-14(26-7-6-16-2-4-19(22)8-18(16)12-26)17-3-5-20(25-11-17)27-13-15-9-21(23,24)10-15/h2-5,8,11,14-15H,6-7,9-10,12-13H2,1H3. The van der Waals surface area contributed by atoms with Gasteiger partial charge in [0.25, 0.3) is 0 Å². The van der Waals surface area contributed by atoms with Gasteiger partial charge in [-0.1, -0.05) is 28.1 Å². The average molecular weight is 437 g/mol. The molecule has 1 atom stereocenters. The maximum absolute atomic E-state index is 12.9. The zero-order valence-corrected chi connectivity index (χ0v) is 16.9. The van der Waals surface area contributed by atoms with Gasteiger partial charge in [0, 0.05) is 54.6 Å². The topological polar surface area (TPSA) is 25.4 Å². The zero-order valence-electron chi connectivity index (χ0n) is 15.3. The summed E-state index contributed by atoms with van der Waals surface area (Å²) in [5.41, 5.74) is 3.92. The molecule has 2 aromatic rings. The summed E-state index contributed by atoms with van der Waals surface area (Å²) in [6.45, 7) is 4.44. The molecule has 0 radical (unpaired) electrons. The van der Waals surface area contributed by atoms with Crippen LogP contribution in [0.3, 0.4) is 0 Å². The van der Waals surface area contributed by atoms with E-state index in [9.17, 15) is 8.78 Å². The number of alkyl halides is 2. The molecule has 3 nitrogen and oxygen atoms in total. The number of aromatic nitrogens is 1. The molecule has 1 aromatic carbocycles. The first kappa shape index (κ1) is 18.8. The minimum absolute atomic E-state index is 0.0619. The Kier molecular flexibility index (Phi) is 5.21. The molecule has 1 saturated carbocycles. The lowest BCUT2D eigenvalue weighted by Crippen LogP contribution is -2.38. The number of nitrogens with zero attached hydrogens (tertiary/aromatic N) is 2. The van der Waals surface area contributed by atoms with Crippen LogP contribution in [-0.2, 0) is 13.0 Å². The van der Waals surface area contributed by atoms with E-state index >= 15 is 0 Å². The van der Waals surface area contributed by atoms with Gasteiger partial charge in [0.2, 0.25) is 11.8 Å². The lowest BCUT2D eigenvalue weighted by atomic mass is 9.82. The van der Waals surface area contributed by atoms with Gasteiger partial charge in [0.1, 0.15) is 0 Å². The molecule has 2 heterocycles. The van der Waals surface area contributed by atoms with Crippen molar-refractivity contribution in [1.82, 2.24) is 9.88 Å². The van der Waals surface area contributed by atoms with E-state index in [1.807, 2.05) is 18.3 Å². The summed E-state index contributed by atoms with van der Waals surface area (Å²) in [4.78, 5) is 6.82. The summed E-state index contributed by atoms with van der Waals surface area (Å²) < 4.78 is 32.4. The Balaban J connectivity index is 1.34. The minimum Gasteiger partial charge on any atom is -0.477 e. The van der Waals surface area contributed by atoms with E-state index in [-0.39, 0.29) is 24.8 Å². The number of fused-ring (bicyclic) bond motifs is 1. The Hall–Kier alpha value is -1.53. The molecule has 1 fully saturated rings. The predicted octanol–water partition coefficient (Wildman–Crippen LogP) is 5.39. The van der Waals surface area contributed by atoms with E-state index in [4.69, 9.17) is 4.74 Å². The normalized spacial score (nSPS) is 20.6. The molecule has 6 heteroatoms. The van der Waals surface area contributed by atoms with Crippen LogP contribution in [-0.4, -0.2) is 29.0 Å². The van der Waals surface area contributed by atoms with Crippen molar-refractivity contribution in [2.75, 3.05) is 13.2 Å². The summed E-state index contributed by atoms with van der Waals surface area (Å²) in [5.74, 6) is -2.05. The molecule has 1 aliphatic carbocycles. The number of halogens is 3. The predicted molar refractivity (Wildman–Crippen MR) is 104 cm³/mol. The van der Waals surface area contributed by atoms with Crippen molar-refractivity contribution in [3.8, 4) is 5.88 Å². The lowest BCUT2D eigenvalue weighted by molar-refractivity contribution is -0.119. The van der Waals surface area contributed by atoms with E-state index in [1.54, 1.807) is 0 Å². The number of rotatable bonds is 5. The van der Waals surface area contributed by atoms with Crippen molar-refractivity contribution in [1.29, 1.82) is 0 Å². The molecule has 27 heavy (non-hydrogen) atoms. The Labute approximate surface area is 166 Å². The molecular formula is C21H23BrF2N2O. The van der Waals surface area contributed by atoms with Crippen LogP contribution in [0.25, 0.3) is 0 Å². The number of ether oxygens (including phenoxy) is 1. The zero-order chi connectivity index (χ0) is 19.0. The smallest absolute Gasteiger partial charge is 0.248 e. The summed E-state index contributed by atoms with van der Waals surface area (Å²) >= 11 is 3.56. The van der Waals surface area contributed by atoms with Gasteiger partial charge in [0.05, 0.1) is 6.61 Å². The van der Waals surface area contributed by atoms with E-state index in [0.717, 1.165) is 29.5 Å². The monoisotopic (exact) mass is 436 g/mol. The highest BCUT2D eigenvalue weighted by molar-refractivity contribution is 9.10. The van der Waals surface area contributed by atoms with Crippen molar-refractivity contribution in [3.05, 3.63) is 57.7 Å². The fourth-order valence-electron chi connectivity index (χ4n) is 3.92. The Bertz CT molecular complexity index is 804. The van der Waals surface area contributed by atoms with Crippen molar-refractivity contribution in [2.45, 2.75) is 44.7 Å². The van der Waals surface area contributed by atoms with Gasteiger partial charge in [-0.2, -0.15) is 0 Å². The third kappa shape index (κ3) is 4.32. The van der Waals surface area contributed by atoms with Crippen LogP contribution in [0.2, 0.25) is 0 Å². The maximum Gasteiger partial charge on any atom is 0.248 e. The van der Waals surface area contributed by atoms with Gasteiger partial charge in [0.15, 0.2) is 0 Å². The second-order valence-electron chi connectivity index (χ2n) is 7.68.